The van der Waals surface area contributed by atoms with E-state index in [0.29, 0.717) is 0 Å². The second kappa shape index (κ2) is 15.1. The van der Waals surface area contributed by atoms with E-state index in [-0.39, 0.29) is 0 Å². The van der Waals surface area contributed by atoms with E-state index in [1.54, 1.807) is 0 Å². The average molecular weight is 908 g/mol. The predicted octanol–water partition coefficient (Wildman–Crippen LogP) is 18.4. The summed E-state index contributed by atoms with van der Waals surface area (Å²) in [6, 6.07) is 77.8. The van der Waals surface area contributed by atoms with Gasteiger partial charge in [-0.1, -0.05) is 188 Å². The first-order valence-corrected chi connectivity index (χ1v) is 24.9. The highest BCUT2D eigenvalue weighted by Gasteiger charge is 2.52. The normalized spacial score (nSPS) is 16.6. The second-order valence-electron chi connectivity index (χ2n) is 18.6. The SMILES string of the molecule is C1=CC2(C3=Cc4ccccc4C3=C1)C1=Cc3ccccc3C1=CC(c1ccccc1-c1cccc3sc4ccccc4c13)=C2N(c1ccccc1)c1ccccc1-c1cccc2oc3ccccc3c12. The van der Waals surface area contributed by atoms with Crippen molar-refractivity contribution in [3.8, 4) is 22.3 Å². The maximum Gasteiger partial charge on any atom is 0.136 e. The van der Waals surface area contributed by atoms with Crippen molar-refractivity contribution >= 4 is 93.7 Å². The predicted molar refractivity (Wildman–Crippen MR) is 296 cm³/mol. The molecule has 4 aliphatic rings. The Morgan fingerprint density at radius 1 is 0.400 bits per heavy atom. The summed E-state index contributed by atoms with van der Waals surface area (Å²) in [4.78, 5) is 2.61. The molecule has 2 nitrogen and oxygen atoms in total. The minimum atomic E-state index is -0.771. The number of hydrogen-bond donors (Lipinski definition) is 0. The topological polar surface area (TPSA) is 16.4 Å². The lowest BCUT2D eigenvalue weighted by Crippen LogP contribution is -2.38. The van der Waals surface area contributed by atoms with Gasteiger partial charge in [0.05, 0.1) is 16.8 Å². The third kappa shape index (κ3) is 5.55. The molecule has 11 aromatic rings. The number of nitrogens with zero attached hydrogens (tertiary/aromatic N) is 1. The van der Waals surface area contributed by atoms with Gasteiger partial charge in [-0.3, -0.25) is 0 Å². The highest BCUT2D eigenvalue weighted by atomic mass is 32.1. The van der Waals surface area contributed by atoms with Crippen LogP contribution in [0.1, 0.15) is 27.8 Å². The van der Waals surface area contributed by atoms with Gasteiger partial charge in [0.2, 0.25) is 0 Å². The Bertz CT molecular complexity index is 4230. The molecule has 4 aliphatic carbocycles. The monoisotopic (exact) mass is 907 g/mol. The van der Waals surface area contributed by atoms with Crippen LogP contribution in [-0.4, -0.2) is 0 Å². The molecule has 70 heavy (non-hydrogen) atoms. The lowest BCUT2D eigenvalue weighted by Gasteiger charge is -2.48. The van der Waals surface area contributed by atoms with E-state index in [4.69, 9.17) is 4.42 Å². The third-order valence-corrected chi connectivity index (χ3v) is 16.2. The van der Waals surface area contributed by atoms with Crippen LogP contribution in [0.3, 0.4) is 0 Å². The van der Waals surface area contributed by atoms with Gasteiger partial charge in [0.15, 0.2) is 0 Å². The van der Waals surface area contributed by atoms with Gasteiger partial charge in [0.1, 0.15) is 11.2 Å². The summed E-state index contributed by atoms with van der Waals surface area (Å²) in [5.74, 6) is 0. The van der Waals surface area contributed by atoms with Crippen molar-refractivity contribution in [1.82, 2.24) is 0 Å². The molecule has 0 fully saturated rings. The largest absolute Gasteiger partial charge is 0.456 e. The summed E-state index contributed by atoms with van der Waals surface area (Å²) in [6.45, 7) is 0. The van der Waals surface area contributed by atoms with Gasteiger partial charge in [-0.05, 0) is 127 Å². The molecule has 9 aromatic carbocycles. The molecule has 326 valence electrons. The minimum absolute atomic E-state index is 0.771. The Labute approximate surface area is 409 Å². The van der Waals surface area contributed by atoms with Gasteiger partial charge in [-0.15, -0.1) is 11.3 Å². The molecule has 0 radical (unpaired) electrons. The first kappa shape index (κ1) is 39.3. The molecule has 2 heterocycles. The summed E-state index contributed by atoms with van der Waals surface area (Å²) in [7, 11) is 0. The Morgan fingerprint density at radius 3 is 1.79 bits per heavy atom. The maximum absolute atomic E-state index is 6.58. The molecule has 2 aromatic heterocycles. The van der Waals surface area contributed by atoms with E-state index < -0.39 is 5.41 Å². The number of para-hydroxylation sites is 3. The van der Waals surface area contributed by atoms with Crippen LogP contribution in [0.5, 0.6) is 0 Å². The van der Waals surface area contributed by atoms with Crippen LogP contribution in [-0.2, 0) is 0 Å². The lowest BCUT2D eigenvalue weighted by atomic mass is 9.61. The number of anilines is 2. The highest BCUT2D eigenvalue weighted by Crippen LogP contribution is 2.66. The molecule has 1 unspecified atom stereocenters. The molecule has 0 N–H and O–H groups in total. The fraction of sp³-hybridized carbons (Fsp3) is 0.0149. The Hall–Kier alpha value is -8.76. The number of allylic oxidation sites excluding steroid dienone is 7. The van der Waals surface area contributed by atoms with Crippen LogP contribution in [0.4, 0.5) is 11.4 Å². The molecular weight excluding hydrogens is 867 g/mol. The Kier molecular flexibility index (Phi) is 8.48. The highest BCUT2D eigenvalue weighted by molar-refractivity contribution is 7.25. The number of hydrogen-bond acceptors (Lipinski definition) is 3. The summed E-state index contributed by atoms with van der Waals surface area (Å²) < 4.78 is 9.17. The van der Waals surface area contributed by atoms with Crippen LogP contribution in [0.15, 0.2) is 258 Å². The van der Waals surface area contributed by atoms with Gasteiger partial charge in [0, 0.05) is 47.8 Å². The van der Waals surface area contributed by atoms with Crippen molar-refractivity contribution in [3.05, 3.63) is 281 Å². The van der Waals surface area contributed by atoms with Gasteiger partial charge in [-0.25, -0.2) is 0 Å². The zero-order valence-corrected chi connectivity index (χ0v) is 38.8. The van der Waals surface area contributed by atoms with Crippen molar-refractivity contribution in [2.75, 3.05) is 4.90 Å². The standard InChI is InChI=1S/C67H41NOS/c1-2-21-44(22-3-1)68(59-33-13-10-27-50(59)52-30-16-35-61-64(52)53-28-11-14-34-60(53)69-61)66-56(48-26-9-8-25-47(48)51-31-17-37-63-65(51)54-29-12-15-36-62(54)70-63)41-55-46-24-7-5-20-43(46)40-58(55)67(66)38-18-32-49-45-23-6-4-19-42(45)39-57(49)67/h1-41H. The minimum Gasteiger partial charge on any atom is -0.456 e. The van der Waals surface area contributed by atoms with E-state index in [1.807, 2.05) is 11.3 Å². The van der Waals surface area contributed by atoms with E-state index in [0.717, 1.165) is 44.4 Å². The molecular formula is C67H41NOS. The lowest BCUT2D eigenvalue weighted by molar-refractivity contribution is 0.669. The molecule has 1 atom stereocenters. The zero-order valence-electron chi connectivity index (χ0n) is 37.9. The van der Waals surface area contributed by atoms with Crippen LogP contribution in [0, 0.1) is 5.41 Å². The fourth-order valence-corrected chi connectivity index (χ4v) is 13.3. The summed E-state index contributed by atoms with van der Waals surface area (Å²) in [6.07, 6.45) is 14.7. The van der Waals surface area contributed by atoms with E-state index >= 15 is 0 Å². The summed E-state index contributed by atoms with van der Waals surface area (Å²) in [5.41, 5.74) is 21.4. The first-order valence-electron chi connectivity index (χ1n) is 24.1. The summed E-state index contributed by atoms with van der Waals surface area (Å²) in [5, 5.41) is 4.80. The molecule has 1 spiro atoms. The number of fused-ring (bicyclic) bond motifs is 14. The molecule has 0 saturated carbocycles. The quantitative estimate of drug-likeness (QED) is 0.165. The van der Waals surface area contributed by atoms with Crippen molar-refractivity contribution in [1.29, 1.82) is 0 Å². The number of rotatable bonds is 6. The van der Waals surface area contributed by atoms with Crippen molar-refractivity contribution < 1.29 is 4.42 Å². The van der Waals surface area contributed by atoms with E-state index in [2.05, 4.69) is 254 Å². The zero-order chi connectivity index (χ0) is 45.9. The van der Waals surface area contributed by atoms with Crippen LogP contribution in [0.2, 0.25) is 0 Å². The van der Waals surface area contributed by atoms with Gasteiger partial charge in [-0.2, -0.15) is 0 Å². The molecule has 3 heteroatoms. The first-order chi connectivity index (χ1) is 34.7. The van der Waals surface area contributed by atoms with Crippen LogP contribution < -0.4 is 4.90 Å². The smallest absolute Gasteiger partial charge is 0.136 e. The second-order valence-corrected chi connectivity index (χ2v) is 19.7. The Balaban J connectivity index is 1.12. The molecule has 0 bridgehead atoms. The van der Waals surface area contributed by atoms with Crippen molar-refractivity contribution in [3.63, 3.8) is 0 Å². The fourth-order valence-electron chi connectivity index (χ4n) is 12.2. The van der Waals surface area contributed by atoms with Crippen molar-refractivity contribution in [2.45, 2.75) is 0 Å². The number of furan rings is 1. The van der Waals surface area contributed by atoms with Crippen LogP contribution >= 0.6 is 11.3 Å². The van der Waals surface area contributed by atoms with E-state index in [1.165, 1.54) is 92.7 Å². The van der Waals surface area contributed by atoms with Gasteiger partial charge >= 0.3 is 0 Å². The summed E-state index contributed by atoms with van der Waals surface area (Å²) >= 11 is 1.87. The Morgan fingerprint density at radius 2 is 0.971 bits per heavy atom. The third-order valence-electron chi connectivity index (χ3n) is 15.0. The number of thiophene rings is 1. The van der Waals surface area contributed by atoms with Crippen molar-refractivity contribution in [2.24, 2.45) is 5.41 Å². The molecule has 0 saturated heterocycles. The number of benzene rings is 9. The molecule has 0 amide bonds. The maximum atomic E-state index is 6.58. The average Bonchev–Trinajstić information content (AvgIpc) is 4.21. The van der Waals surface area contributed by atoms with Gasteiger partial charge < -0.3 is 9.32 Å². The molecule has 15 rings (SSSR count). The van der Waals surface area contributed by atoms with Crippen LogP contribution in [0.25, 0.3) is 93.2 Å². The molecule has 0 aliphatic heterocycles. The van der Waals surface area contributed by atoms with E-state index in [9.17, 15) is 0 Å². The van der Waals surface area contributed by atoms with Gasteiger partial charge in [0.25, 0.3) is 0 Å².